The van der Waals surface area contributed by atoms with Gasteiger partial charge in [0, 0.05) is 30.0 Å². The number of aromatic nitrogens is 2. The van der Waals surface area contributed by atoms with E-state index in [1.165, 1.54) is 24.3 Å². The summed E-state index contributed by atoms with van der Waals surface area (Å²) in [5, 5.41) is 7.34. The third-order valence-electron chi connectivity index (χ3n) is 4.65. The second kappa shape index (κ2) is 9.13. The number of aryl methyl sites for hydroxylation is 2. The Kier molecular flexibility index (Phi) is 6.56. The fourth-order valence-corrected chi connectivity index (χ4v) is 4.15. The number of hydrogen-bond donors (Lipinski definition) is 2. The van der Waals surface area contributed by atoms with Crippen molar-refractivity contribution in [3.63, 3.8) is 0 Å². The monoisotopic (exact) mass is 426 g/mol. The number of para-hydroxylation sites is 1. The lowest BCUT2D eigenvalue weighted by Gasteiger charge is -2.14. The van der Waals surface area contributed by atoms with Crippen molar-refractivity contribution in [3.8, 4) is 0 Å². The van der Waals surface area contributed by atoms with Gasteiger partial charge in [0.2, 0.25) is 0 Å². The molecule has 0 saturated heterocycles. The largest absolute Gasteiger partial charge is 0.352 e. The van der Waals surface area contributed by atoms with Gasteiger partial charge in [-0.15, -0.1) is 0 Å². The van der Waals surface area contributed by atoms with E-state index in [0.29, 0.717) is 24.3 Å². The first-order valence-corrected chi connectivity index (χ1v) is 11.2. The summed E-state index contributed by atoms with van der Waals surface area (Å²) >= 11 is 0. The van der Waals surface area contributed by atoms with E-state index in [1.807, 2.05) is 37.6 Å². The molecule has 0 fully saturated rings. The predicted octanol–water partition coefficient (Wildman–Crippen LogP) is 3.37. The van der Waals surface area contributed by atoms with Crippen LogP contribution in [0.1, 0.15) is 28.7 Å². The van der Waals surface area contributed by atoms with Crippen LogP contribution in [0, 0.1) is 19.8 Å². The first-order valence-electron chi connectivity index (χ1n) is 9.72. The number of carbonyl (C=O) groups excluding carboxylic acids is 1. The minimum atomic E-state index is -3.71. The molecule has 1 amide bonds. The maximum absolute atomic E-state index is 12.5. The first-order chi connectivity index (χ1) is 14.2. The van der Waals surface area contributed by atoms with Crippen LogP contribution in [0.25, 0.3) is 0 Å². The van der Waals surface area contributed by atoms with E-state index < -0.39 is 10.0 Å². The highest BCUT2D eigenvalue weighted by Gasteiger charge is 2.16. The summed E-state index contributed by atoms with van der Waals surface area (Å²) < 4.78 is 29.4. The molecule has 0 aliphatic heterocycles. The van der Waals surface area contributed by atoms with Crippen LogP contribution in [0.3, 0.4) is 0 Å². The van der Waals surface area contributed by atoms with E-state index in [1.54, 1.807) is 24.3 Å². The van der Waals surface area contributed by atoms with Gasteiger partial charge in [0.15, 0.2) is 0 Å². The minimum absolute atomic E-state index is 0.0980. The maximum atomic E-state index is 12.5. The molecule has 3 rings (SSSR count). The molecule has 1 heterocycles. The van der Waals surface area contributed by atoms with Gasteiger partial charge < -0.3 is 5.32 Å². The average Bonchev–Trinajstić information content (AvgIpc) is 3.03. The number of benzene rings is 2. The molecule has 30 heavy (non-hydrogen) atoms. The summed E-state index contributed by atoms with van der Waals surface area (Å²) in [6.07, 6.45) is 0. The molecule has 3 aromatic rings. The summed E-state index contributed by atoms with van der Waals surface area (Å²) in [7, 11) is -3.71. The van der Waals surface area contributed by atoms with E-state index in [2.05, 4.69) is 15.1 Å². The van der Waals surface area contributed by atoms with Gasteiger partial charge in [0.25, 0.3) is 15.9 Å². The molecular weight excluding hydrogens is 400 g/mol. The predicted molar refractivity (Wildman–Crippen MR) is 117 cm³/mol. The zero-order valence-corrected chi connectivity index (χ0v) is 18.1. The summed E-state index contributed by atoms with van der Waals surface area (Å²) in [6, 6.07) is 16.6. The lowest BCUT2D eigenvalue weighted by atomic mass is 10.1. The quantitative estimate of drug-likeness (QED) is 0.578. The molecule has 2 aromatic carbocycles. The SMILES string of the molecule is Cc1cc(C)n(CC(C)CNC(=O)c2ccc(S(=O)(=O)Nc3ccccc3)cc2)n1. The molecule has 1 atom stereocenters. The second-order valence-corrected chi connectivity index (χ2v) is 9.10. The van der Waals surface area contributed by atoms with E-state index >= 15 is 0 Å². The van der Waals surface area contributed by atoms with Crippen molar-refractivity contribution >= 4 is 21.6 Å². The summed E-state index contributed by atoms with van der Waals surface area (Å²) in [5.74, 6) is -0.0446. The lowest BCUT2D eigenvalue weighted by molar-refractivity contribution is 0.0946. The Hall–Kier alpha value is -3.13. The normalized spacial score (nSPS) is 12.4. The van der Waals surface area contributed by atoms with Crippen LogP contribution in [0.2, 0.25) is 0 Å². The Morgan fingerprint density at radius 1 is 1.07 bits per heavy atom. The molecule has 0 aliphatic rings. The van der Waals surface area contributed by atoms with E-state index in [4.69, 9.17) is 0 Å². The summed E-state index contributed by atoms with van der Waals surface area (Å²) in [6.45, 7) is 7.21. The Labute approximate surface area is 177 Å². The second-order valence-electron chi connectivity index (χ2n) is 7.42. The number of nitrogens with one attached hydrogen (secondary N) is 2. The third kappa shape index (κ3) is 5.48. The van der Waals surface area contributed by atoms with Gasteiger partial charge in [-0.2, -0.15) is 5.10 Å². The zero-order chi connectivity index (χ0) is 21.7. The highest BCUT2D eigenvalue weighted by atomic mass is 32.2. The Morgan fingerprint density at radius 2 is 1.73 bits per heavy atom. The van der Waals surface area contributed by atoms with Gasteiger partial charge in [0.05, 0.1) is 10.6 Å². The van der Waals surface area contributed by atoms with Crippen molar-refractivity contribution in [1.82, 2.24) is 15.1 Å². The van der Waals surface area contributed by atoms with Crippen molar-refractivity contribution in [2.75, 3.05) is 11.3 Å². The number of anilines is 1. The van der Waals surface area contributed by atoms with Crippen LogP contribution in [0.15, 0.2) is 65.6 Å². The van der Waals surface area contributed by atoms with E-state index in [-0.39, 0.29) is 16.7 Å². The standard InChI is InChI=1S/C22H26N4O3S/c1-16(15-26-18(3)13-17(2)24-26)14-23-22(27)19-9-11-21(12-10-19)30(28,29)25-20-7-5-4-6-8-20/h4-13,16,25H,14-15H2,1-3H3,(H,23,27). The molecule has 0 bridgehead atoms. The van der Waals surface area contributed by atoms with Gasteiger partial charge in [-0.25, -0.2) is 8.42 Å². The molecule has 0 saturated carbocycles. The first kappa shape index (κ1) is 21.6. The number of amides is 1. The van der Waals surface area contributed by atoms with E-state index in [9.17, 15) is 13.2 Å². The molecule has 1 unspecified atom stereocenters. The van der Waals surface area contributed by atoms with Crippen molar-refractivity contribution in [2.45, 2.75) is 32.2 Å². The Balaban J connectivity index is 1.57. The van der Waals surface area contributed by atoms with Crippen LogP contribution in [0.4, 0.5) is 5.69 Å². The van der Waals surface area contributed by atoms with Crippen LogP contribution in [-0.4, -0.2) is 30.7 Å². The minimum Gasteiger partial charge on any atom is -0.352 e. The average molecular weight is 427 g/mol. The molecule has 158 valence electrons. The van der Waals surface area contributed by atoms with Crippen molar-refractivity contribution in [1.29, 1.82) is 0 Å². The lowest BCUT2D eigenvalue weighted by Crippen LogP contribution is -2.30. The van der Waals surface area contributed by atoms with E-state index in [0.717, 1.165) is 11.4 Å². The number of hydrogen-bond acceptors (Lipinski definition) is 4. The van der Waals surface area contributed by atoms with Crippen molar-refractivity contribution in [2.24, 2.45) is 5.92 Å². The number of carbonyl (C=O) groups is 1. The van der Waals surface area contributed by atoms with Gasteiger partial charge >= 0.3 is 0 Å². The third-order valence-corrected chi connectivity index (χ3v) is 6.05. The van der Waals surface area contributed by atoms with Crippen LogP contribution in [-0.2, 0) is 16.6 Å². The van der Waals surface area contributed by atoms with Crippen LogP contribution >= 0.6 is 0 Å². The Bertz CT molecular complexity index is 1110. The Morgan fingerprint density at radius 3 is 2.33 bits per heavy atom. The topological polar surface area (TPSA) is 93.1 Å². The summed E-state index contributed by atoms with van der Waals surface area (Å²) in [4.78, 5) is 12.5. The molecule has 1 aromatic heterocycles. The van der Waals surface area contributed by atoms with Crippen molar-refractivity contribution in [3.05, 3.63) is 77.6 Å². The molecule has 0 aliphatic carbocycles. The molecular formula is C22H26N4O3S. The molecule has 0 radical (unpaired) electrons. The molecule has 7 nitrogen and oxygen atoms in total. The smallest absolute Gasteiger partial charge is 0.261 e. The van der Waals surface area contributed by atoms with Crippen LogP contribution < -0.4 is 10.0 Å². The van der Waals surface area contributed by atoms with Gasteiger partial charge in [0.1, 0.15) is 0 Å². The molecule has 8 heteroatoms. The number of nitrogens with zero attached hydrogens (tertiary/aromatic N) is 2. The van der Waals surface area contributed by atoms with Crippen molar-refractivity contribution < 1.29 is 13.2 Å². The molecule has 2 N–H and O–H groups in total. The van der Waals surface area contributed by atoms with Crippen LogP contribution in [0.5, 0.6) is 0 Å². The van der Waals surface area contributed by atoms with Gasteiger partial charge in [-0.1, -0.05) is 25.1 Å². The fraction of sp³-hybridized carbons (Fsp3) is 0.273. The molecule has 0 spiro atoms. The van der Waals surface area contributed by atoms with Gasteiger partial charge in [-0.05, 0) is 62.2 Å². The van der Waals surface area contributed by atoms with Gasteiger partial charge in [-0.3, -0.25) is 14.2 Å². The summed E-state index contributed by atoms with van der Waals surface area (Å²) in [5.41, 5.74) is 2.95. The highest BCUT2D eigenvalue weighted by Crippen LogP contribution is 2.16. The zero-order valence-electron chi connectivity index (χ0n) is 17.3. The highest BCUT2D eigenvalue weighted by molar-refractivity contribution is 7.92. The fourth-order valence-electron chi connectivity index (χ4n) is 3.09. The number of sulfonamides is 1. The maximum Gasteiger partial charge on any atom is 0.261 e. The number of rotatable bonds is 8.